The topological polar surface area (TPSA) is 113 Å². The number of carboxylic acids is 1. The summed E-state index contributed by atoms with van der Waals surface area (Å²) >= 11 is 0. The van der Waals surface area contributed by atoms with Crippen LogP contribution in [0.2, 0.25) is 0 Å². The Bertz CT molecular complexity index is 481. The van der Waals surface area contributed by atoms with Crippen molar-refractivity contribution in [1.29, 1.82) is 0 Å². The number of carboxylic acid groups (broad SMARTS) is 1. The zero-order valence-electron chi connectivity index (χ0n) is 12.0. The third kappa shape index (κ3) is 4.99. The van der Waals surface area contributed by atoms with Crippen molar-refractivity contribution in [2.75, 3.05) is 11.5 Å². The quantitative estimate of drug-likeness (QED) is 0.697. The number of hydrogen-bond acceptors (Lipinski definition) is 4. The number of sulfone groups is 1. The molecule has 0 aromatic heterocycles. The van der Waals surface area contributed by atoms with E-state index in [4.69, 9.17) is 5.11 Å². The maximum absolute atomic E-state index is 11.8. The number of amides is 2. The molecule has 0 bridgehead atoms. The molecule has 1 rings (SSSR count). The van der Waals surface area contributed by atoms with Crippen molar-refractivity contribution in [3.63, 3.8) is 0 Å². The van der Waals surface area contributed by atoms with Crippen LogP contribution in [0.1, 0.15) is 33.6 Å². The van der Waals surface area contributed by atoms with Crippen LogP contribution in [0.5, 0.6) is 0 Å². The lowest BCUT2D eigenvalue weighted by molar-refractivity contribution is -0.141. The van der Waals surface area contributed by atoms with E-state index in [-0.39, 0.29) is 11.5 Å². The smallest absolute Gasteiger partial charge is 0.326 e. The van der Waals surface area contributed by atoms with Crippen molar-refractivity contribution >= 4 is 21.8 Å². The van der Waals surface area contributed by atoms with Gasteiger partial charge in [-0.15, -0.1) is 0 Å². The molecule has 1 saturated heterocycles. The monoisotopic (exact) mass is 306 g/mol. The van der Waals surface area contributed by atoms with Crippen LogP contribution in [-0.2, 0) is 14.6 Å². The van der Waals surface area contributed by atoms with Gasteiger partial charge in [-0.25, -0.2) is 18.0 Å². The SMILES string of the molecule is CC(C)(C)C(NC(=O)NC1CCCS(=O)(=O)C1)C(=O)O. The van der Waals surface area contributed by atoms with Gasteiger partial charge in [0.2, 0.25) is 0 Å². The first-order valence-electron chi connectivity index (χ1n) is 6.51. The van der Waals surface area contributed by atoms with Crippen molar-refractivity contribution in [3.8, 4) is 0 Å². The maximum atomic E-state index is 11.8. The van der Waals surface area contributed by atoms with E-state index in [0.717, 1.165) is 0 Å². The third-order valence-electron chi connectivity index (χ3n) is 3.19. The first-order valence-corrected chi connectivity index (χ1v) is 8.34. The van der Waals surface area contributed by atoms with Crippen molar-refractivity contribution in [2.24, 2.45) is 5.41 Å². The predicted molar refractivity (Wildman–Crippen MR) is 74.2 cm³/mol. The highest BCUT2D eigenvalue weighted by Crippen LogP contribution is 2.19. The van der Waals surface area contributed by atoms with Crippen molar-refractivity contribution < 1.29 is 23.1 Å². The maximum Gasteiger partial charge on any atom is 0.326 e. The second-order valence-corrected chi connectivity index (χ2v) is 8.44. The molecule has 2 amide bonds. The van der Waals surface area contributed by atoms with E-state index in [9.17, 15) is 18.0 Å². The molecule has 2 unspecified atom stereocenters. The molecule has 0 aliphatic carbocycles. The molecular weight excluding hydrogens is 284 g/mol. The first-order chi connectivity index (χ1) is 9.01. The van der Waals surface area contributed by atoms with Crippen LogP contribution >= 0.6 is 0 Å². The molecule has 116 valence electrons. The van der Waals surface area contributed by atoms with E-state index in [0.29, 0.717) is 12.8 Å². The highest BCUT2D eigenvalue weighted by molar-refractivity contribution is 7.91. The second-order valence-electron chi connectivity index (χ2n) is 6.21. The van der Waals surface area contributed by atoms with E-state index >= 15 is 0 Å². The summed E-state index contributed by atoms with van der Waals surface area (Å²) < 4.78 is 22.9. The highest BCUT2D eigenvalue weighted by atomic mass is 32.2. The van der Waals surface area contributed by atoms with Crippen LogP contribution in [0.25, 0.3) is 0 Å². The molecule has 0 saturated carbocycles. The molecule has 0 spiro atoms. The molecule has 1 fully saturated rings. The van der Waals surface area contributed by atoms with E-state index in [1.807, 2.05) is 0 Å². The van der Waals surface area contributed by atoms with Crippen LogP contribution in [0.4, 0.5) is 4.79 Å². The lowest BCUT2D eigenvalue weighted by Gasteiger charge is -2.29. The molecule has 1 aliphatic heterocycles. The molecule has 7 nitrogen and oxygen atoms in total. The van der Waals surface area contributed by atoms with Crippen LogP contribution in [-0.4, -0.2) is 49.1 Å². The molecule has 3 N–H and O–H groups in total. The fourth-order valence-electron chi connectivity index (χ4n) is 2.14. The molecule has 2 atom stereocenters. The fourth-order valence-corrected chi connectivity index (χ4v) is 3.78. The minimum atomic E-state index is -3.11. The molecular formula is C12H22N2O5S. The highest BCUT2D eigenvalue weighted by Gasteiger charge is 2.33. The van der Waals surface area contributed by atoms with Gasteiger partial charge >= 0.3 is 12.0 Å². The van der Waals surface area contributed by atoms with Gasteiger partial charge in [0.05, 0.1) is 11.5 Å². The average molecular weight is 306 g/mol. The lowest BCUT2D eigenvalue weighted by Crippen LogP contribution is -2.55. The Hall–Kier alpha value is -1.31. The second kappa shape index (κ2) is 5.99. The van der Waals surface area contributed by atoms with Gasteiger partial charge in [0.25, 0.3) is 0 Å². The average Bonchev–Trinajstić information content (AvgIpc) is 2.22. The number of rotatable bonds is 3. The Labute approximate surface area is 119 Å². The number of nitrogens with one attached hydrogen (secondary N) is 2. The van der Waals surface area contributed by atoms with Gasteiger partial charge in [0, 0.05) is 6.04 Å². The van der Waals surface area contributed by atoms with Gasteiger partial charge in [-0.3, -0.25) is 0 Å². The van der Waals surface area contributed by atoms with Crippen LogP contribution in [0, 0.1) is 5.41 Å². The molecule has 0 aromatic carbocycles. The van der Waals surface area contributed by atoms with Gasteiger partial charge in [0.15, 0.2) is 9.84 Å². The summed E-state index contributed by atoms with van der Waals surface area (Å²) in [7, 11) is -3.11. The number of carbonyl (C=O) groups excluding carboxylic acids is 1. The zero-order chi connectivity index (χ0) is 15.6. The van der Waals surface area contributed by atoms with Gasteiger partial charge in [0.1, 0.15) is 6.04 Å². The summed E-state index contributed by atoms with van der Waals surface area (Å²) in [4.78, 5) is 22.9. The van der Waals surface area contributed by atoms with Gasteiger partial charge < -0.3 is 15.7 Å². The number of carbonyl (C=O) groups is 2. The van der Waals surface area contributed by atoms with Crippen LogP contribution < -0.4 is 10.6 Å². The molecule has 1 heterocycles. The van der Waals surface area contributed by atoms with Crippen molar-refractivity contribution in [1.82, 2.24) is 10.6 Å². The molecule has 8 heteroatoms. The van der Waals surface area contributed by atoms with E-state index in [1.54, 1.807) is 20.8 Å². The van der Waals surface area contributed by atoms with E-state index < -0.39 is 39.3 Å². The summed E-state index contributed by atoms with van der Waals surface area (Å²) in [5, 5.41) is 14.0. The van der Waals surface area contributed by atoms with Gasteiger partial charge in [-0.05, 0) is 18.3 Å². The van der Waals surface area contributed by atoms with Crippen LogP contribution in [0.3, 0.4) is 0 Å². The van der Waals surface area contributed by atoms with E-state index in [2.05, 4.69) is 10.6 Å². The Morgan fingerprint density at radius 1 is 1.30 bits per heavy atom. The third-order valence-corrected chi connectivity index (χ3v) is 5.01. The van der Waals surface area contributed by atoms with Gasteiger partial charge in [-0.2, -0.15) is 0 Å². The minimum Gasteiger partial charge on any atom is -0.480 e. The summed E-state index contributed by atoms with van der Waals surface area (Å²) in [5.74, 6) is -1.07. The summed E-state index contributed by atoms with van der Waals surface area (Å²) in [5.41, 5.74) is -0.637. The number of hydrogen-bond donors (Lipinski definition) is 3. The summed E-state index contributed by atoms with van der Waals surface area (Å²) in [6.07, 6.45) is 1.09. The molecule has 20 heavy (non-hydrogen) atoms. The number of aliphatic carboxylic acids is 1. The molecule has 0 radical (unpaired) electrons. The molecule has 1 aliphatic rings. The normalized spacial score (nSPS) is 23.6. The Balaban J connectivity index is 2.61. The summed E-state index contributed by atoms with van der Waals surface area (Å²) in [6, 6.07) is -2.14. The van der Waals surface area contributed by atoms with Crippen molar-refractivity contribution in [2.45, 2.75) is 45.7 Å². The Kier molecular flexibility index (Phi) is 5.01. The number of urea groups is 1. The predicted octanol–water partition coefficient (Wildman–Crippen LogP) is 0.362. The standard InChI is InChI=1S/C12H22N2O5S/c1-12(2,3)9(10(15)16)14-11(17)13-8-5-4-6-20(18,19)7-8/h8-9H,4-7H2,1-3H3,(H,15,16)(H2,13,14,17). The molecule has 0 aromatic rings. The van der Waals surface area contributed by atoms with E-state index in [1.165, 1.54) is 0 Å². The Morgan fingerprint density at radius 3 is 2.35 bits per heavy atom. The first kappa shape index (κ1) is 16.7. The Morgan fingerprint density at radius 2 is 1.90 bits per heavy atom. The zero-order valence-corrected chi connectivity index (χ0v) is 12.8. The fraction of sp³-hybridized carbons (Fsp3) is 0.833. The minimum absolute atomic E-state index is 0.0896. The largest absolute Gasteiger partial charge is 0.480 e. The van der Waals surface area contributed by atoms with Crippen molar-refractivity contribution in [3.05, 3.63) is 0 Å². The summed E-state index contributed by atoms with van der Waals surface area (Å²) in [6.45, 7) is 5.12. The van der Waals surface area contributed by atoms with Gasteiger partial charge in [-0.1, -0.05) is 20.8 Å². The van der Waals surface area contributed by atoms with Crippen LogP contribution in [0.15, 0.2) is 0 Å². The lowest BCUT2D eigenvalue weighted by atomic mass is 9.87.